The van der Waals surface area contributed by atoms with E-state index in [0.717, 1.165) is 11.3 Å². The summed E-state index contributed by atoms with van der Waals surface area (Å²) in [4.78, 5) is 40.1. The zero-order chi connectivity index (χ0) is 19.6. The average Bonchev–Trinajstić information content (AvgIpc) is 2.67. The van der Waals surface area contributed by atoms with Crippen LogP contribution in [0.1, 0.15) is 19.4 Å². The highest BCUT2D eigenvalue weighted by Gasteiger charge is 2.19. The van der Waals surface area contributed by atoms with Crippen molar-refractivity contribution >= 4 is 22.5 Å². The van der Waals surface area contributed by atoms with Crippen molar-refractivity contribution in [3.63, 3.8) is 0 Å². The van der Waals surface area contributed by atoms with E-state index in [4.69, 9.17) is 0 Å². The van der Waals surface area contributed by atoms with E-state index >= 15 is 0 Å². The molecular weight excluding hydrogens is 342 g/mol. The zero-order valence-electron chi connectivity index (χ0n) is 15.8. The largest absolute Gasteiger partial charge is 0.331 e. The van der Waals surface area contributed by atoms with Crippen LogP contribution >= 0.6 is 0 Å². The highest BCUT2D eigenvalue weighted by Crippen LogP contribution is 2.20. The predicted octanol–water partition coefficient (Wildman–Crippen LogP) is 2.54. The molecule has 0 aliphatic rings. The van der Waals surface area contributed by atoms with E-state index in [2.05, 4.69) is 0 Å². The molecule has 1 heterocycles. The summed E-state index contributed by atoms with van der Waals surface area (Å²) in [6.07, 6.45) is 0. The molecule has 0 saturated heterocycles. The lowest BCUT2D eigenvalue weighted by Gasteiger charge is -2.24. The Hall–Kier alpha value is -3.15. The standard InChI is InChI=1S/C21H23N3O3/c1-4-22(17-12-8-6-10-15(17)3)19(25)14-24-18-13-9-7-11-16(18)20(26)23(5-2)21(24)27/h6-13H,4-5,14H2,1-3H3. The molecule has 1 aromatic heterocycles. The fourth-order valence-electron chi connectivity index (χ4n) is 3.37. The van der Waals surface area contributed by atoms with Crippen molar-refractivity contribution in [2.24, 2.45) is 0 Å². The molecule has 3 rings (SSSR count). The number of likely N-dealkylation sites (N-methyl/N-ethyl adjacent to an activating group) is 1. The fraction of sp³-hybridized carbons (Fsp3) is 0.286. The first-order valence-electron chi connectivity index (χ1n) is 9.08. The van der Waals surface area contributed by atoms with E-state index in [9.17, 15) is 14.4 Å². The first-order valence-corrected chi connectivity index (χ1v) is 9.08. The van der Waals surface area contributed by atoms with Crippen LogP contribution in [-0.4, -0.2) is 21.6 Å². The maximum absolute atomic E-state index is 13.1. The van der Waals surface area contributed by atoms with Gasteiger partial charge in [-0.2, -0.15) is 0 Å². The number of nitrogens with zero attached hydrogens (tertiary/aromatic N) is 3. The van der Waals surface area contributed by atoms with Crippen molar-refractivity contribution in [1.29, 1.82) is 0 Å². The van der Waals surface area contributed by atoms with Gasteiger partial charge in [-0.1, -0.05) is 30.3 Å². The van der Waals surface area contributed by atoms with Gasteiger partial charge in [0.2, 0.25) is 5.91 Å². The molecule has 3 aromatic rings. The molecule has 0 N–H and O–H groups in total. The van der Waals surface area contributed by atoms with Crippen LogP contribution in [0.15, 0.2) is 58.1 Å². The van der Waals surface area contributed by atoms with Gasteiger partial charge in [-0.3, -0.25) is 18.7 Å². The Labute approximate surface area is 157 Å². The van der Waals surface area contributed by atoms with E-state index in [1.165, 1.54) is 9.13 Å². The van der Waals surface area contributed by atoms with Gasteiger partial charge in [0.05, 0.1) is 10.9 Å². The van der Waals surface area contributed by atoms with Crippen molar-refractivity contribution in [2.75, 3.05) is 11.4 Å². The number of aryl methyl sites for hydroxylation is 1. The van der Waals surface area contributed by atoms with Crippen LogP contribution in [0.2, 0.25) is 0 Å². The maximum Gasteiger partial charge on any atom is 0.331 e. The third-order valence-electron chi connectivity index (χ3n) is 4.77. The van der Waals surface area contributed by atoms with Gasteiger partial charge in [0.25, 0.3) is 5.56 Å². The van der Waals surface area contributed by atoms with Crippen LogP contribution in [0, 0.1) is 6.92 Å². The molecule has 0 saturated carbocycles. The SMILES string of the molecule is CCN(C(=O)Cn1c(=O)n(CC)c(=O)c2ccccc21)c1ccccc1C. The minimum Gasteiger partial charge on any atom is -0.311 e. The molecule has 27 heavy (non-hydrogen) atoms. The molecule has 0 spiro atoms. The first-order chi connectivity index (χ1) is 13.0. The first kappa shape index (κ1) is 18.6. The number of anilines is 1. The molecule has 0 unspecified atom stereocenters. The highest BCUT2D eigenvalue weighted by atomic mass is 16.2. The molecule has 0 aliphatic heterocycles. The Morgan fingerprint density at radius 1 is 0.963 bits per heavy atom. The van der Waals surface area contributed by atoms with Crippen LogP contribution < -0.4 is 16.1 Å². The average molecular weight is 365 g/mol. The molecule has 2 aromatic carbocycles. The van der Waals surface area contributed by atoms with E-state index < -0.39 is 5.69 Å². The maximum atomic E-state index is 13.1. The van der Waals surface area contributed by atoms with E-state index in [1.807, 2.05) is 38.1 Å². The van der Waals surface area contributed by atoms with Crippen molar-refractivity contribution in [1.82, 2.24) is 9.13 Å². The van der Waals surface area contributed by atoms with Crippen molar-refractivity contribution in [2.45, 2.75) is 33.9 Å². The number of rotatable bonds is 5. The number of benzene rings is 2. The summed E-state index contributed by atoms with van der Waals surface area (Å²) in [7, 11) is 0. The van der Waals surface area contributed by atoms with Gasteiger partial charge in [0.15, 0.2) is 0 Å². The van der Waals surface area contributed by atoms with Crippen LogP contribution in [0.4, 0.5) is 5.69 Å². The minimum atomic E-state index is -0.463. The van der Waals surface area contributed by atoms with Gasteiger partial charge in [-0.25, -0.2) is 4.79 Å². The molecular formula is C21H23N3O3. The fourth-order valence-corrected chi connectivity index (χ4v) is 3.37. The van der Waals surface area contributed by atoms with Crippen LogP contribution in [-0.2, 0) is 17.9 Å². The van der Waals surface area contributed by atoms with Gasteiger partial charge in [-0.15, -0.1) is 0 Å². The van der Waals surface area contributed by atoms with Gasteiger partial charge in [0, 0.05) is 18.8 Å². The normalized spacial score (nSPS) is 10.9. The molecule has 1 amide bonds. The van der Waals surface area contributed by atoms with Crippen molar-refractivity contribution < 1.29 is 4.79 Å². The number of fused-ring (bicyclic) bond motifs is 1. The number of hydrogen-bond acceptors (Lipinski definition) is 3. The van der Waals surface area contributed by atoms with Gasteiger partial charge >= 0.3 is 5.69 Å². The quantitative estimate of drug-likeness (QED) is 0.698. The molecule has 6 heteroatoms. The van der Waals surface area contributed by atoms with E-state index in [1.54, 1.807) is 36.1 Å². The summed E-state index contributed by atoms with van der Waals surface area (Å²) >= 11 is 0. The predicted molar refractivity (Wildman–Crippen MR) is 107 cm³/mol. The number of aromatic nitrogens is 2. The Morgan fingerprint density at radius 3 is 2.30 bits per heavy atom. The number of amides is 1. The van der Waals surface area contributed by atoms with Crippen LogP contribution in [0.5, 0.6) is 0 Å². The van der Waals surface area contributed by atoms with Crippen molar-refractivity contribution in [3.8, 4) is 0 Å². The minimum absolute atomic E-state index is 0.123. The lowest BCUT2D eigenvalue weighted by Crippen LogP contribution is -2.43. The highest BCUT2D eigenvalue weighted by molar-refractivity contribution is 5.94. The van der Waals surface area contributed by atoms with Crippen LogP contribution in [0.3, 0.4) is 0 Å². The van der Waals surface area contributed by atoms with E-state index in [0.29, 0.717) is 17.4 Å². The van der Waals surface area contributed by atoms with Gasteiger partial charge in [0.1, 0.15) is 6.54 Å². The molecule has 140 valence electrons. The number of carbonyl (C=O) groups excluding carboxylic acids is 1. The van der Waals surface area contributed by atoms with Gasteiger partial charge < -0.3 is 4.90 Å². The molecule has 0 aliphatic carbocycles. The molecule has 0 bridgehead atoms. The monoisotopic (exact) mass is 365 g/mol. The number of hydrogen-bond donors (Lipinski definition) is 0. The summed E-state index contributed by atoms with van der Waals surface area (Å²) in [5.41, 5.74) is 1.50. The second-order valence-electron chi connectivity index (χ2n) is 6.36. The third-order valence-corrected chi connectivity index (χ3v) is 4.77. The molecule has 0 atom stereocenters. The summed E-state index contributed by atoms with van der Waals surface area (Å²) < 4.78 is 2.56. The molecule has 0 radical (unpaired) electrons. The second kappa shape index (κ2) is 7.61. The Morgan fingerprint density at radius 2 is 1.63 bits per heavy atom. The smallest absolute Gasteiger partial charge is 0.311 e. The third kappa shape index (κ3) is 3.30. The van der Waals surface area contributed by atoms with Gasteiger partial charge in [-0.05, 0) is 44.5 Å². The van der Waals surface area contributed by atoms with Crippen LogP contribution in [0.25, 0.3) is 10.9 Å². The lowest BCUT2D eigenvalue weighted by molar-refractivity contribution is -0.119. The summed E-state index contributed by atoms with van der Waals surface area (Å²) in [5.74, 6) is -0.194. The van der Waals surface area contributed by atoms with Crippen molar-refractivity contribution in [3.05, 3.63) is 74.9 Å². The second-order valence-corrected chi connectivity index (χ2v) is 6.36. The van der Waals surface area contributed by atoms with E-state index in [-0.39, 0.29) is 24.6 Å². The molecule has 6 nitrogen and oxygen atoms in total. The summed E-state index contributed by atoms with van der Waals surface area (Å²) in [5, 5.41) is 0.436. The Kier molecular flexibility index (Phi) is 5.26. The summed E-state index contributed by atoms with van der Waals surface area (Å²) in [6, 6.07) is 14.6. The molecule has 0 fully saturated rings. The number of para-hydroxylation sites is 2. The lowest BCUT2D eigenvalue weighted by atomic mass is 10.1. The number of carbonyl (C=O) groups is 1. The topological polar surface area (TPSA) is 64.3 Å². The summed E-state index contributed by atoms with van der Waals surface area (Å²) in [6.45, 7) is 6.22. The Bertz CT molecular complexity index is 1110. The zero-order valence-corrected chi connectivity index (χ0v) is 15.8. The Balaban J connectivity index is 2.11.